The maximum atomic E-state index is 5.74. The van der Waals surface area contributed by atoms with Gasteiger partial charge in [0.15, 0.2) is 0 Å². The Morgan fingerprint density at radius 3 is 2.68 bits per heavy atom. The molecule has 106 valence electrons. The Bertz CT molecular complexity index is 397. The van der Waals surface area contributed by atoms with Gasteiger partial charge in [0.25, 0.3) is 0 Å². The molecule has 1 saturated carbocycles. The fraction of sp³-hybridized carbons (Fsp3) is 0.688. The van der Waals surface area contributed by atoms with Crippen LogP contribution >= 0.6 is 0 Å². The van der Waals surface area contributed by atoms with Crippen LogP contribution in [0.5, 0.6) is 0 Å². The highest BCUT2D eigenvalue weighted by atomic mass is 15.2. The van der Waals surface area contributed by atoms with Crippen LogP contribution in [0.2, 0.25) is 0 Å². The molecule has 0 amide bonds. The van der Waals surface area contributed by atoms with Gasteiger partial charge in [-0.25, -0.2) is 0 Å². The van der Waals surface area contributed by atoms with E-state index in [2.05, 4.69) is 30.3 Å². The van der Waals surface area contributed by atoms with Gasteiger partial charge in [0, 0.05) is 6.20 Å². The number of hydrogen-bond acceptors (Lipinski definition) is 3. The third kappa shape index (κ3) is 4.02. The van der Waals surface area contributed by atoms with Gasteiger partial charge in [-0.15, -0.1) is 0 Å². The minimum absolute atomic E-state index is 0.197. The molecule has 3 nitrogen and oxygen atoms in total. The molecule has 1 atom stereocenters. The van der Waals surface area contributed by atoms with E-state index in [0.29, 0.717) is 0 Å². The van der Waals surface area contributed by atoms with Gasteiger partial charge >= 0.3 is 0 Å². The van der Waals surface area contributed by atoms with Crippen molar-refractivity contribution in [3.63, 3.8) is 0 Å². The summed E-state index contributed by atoms with van der Waals surface area (Å²) in [7, 11) is 0. The van der Waals surface area contributed by atoms with Gasteiger partial charge in [0.1, 0.15) is 0 Å². The maximum absolute atomic E-state index is 5.74. The molecule has 0 bridgehead atoms. The molecule has 2 rings (SSSR count). The molecular formula is C16H27N3. The van der Waals surface area contributed by atoms with Crippen molar-refractivity contribution in [3.05, 3.63) is 29.1 Å². The molecule has 0 spiro atoms. The van der Waals surface area contributed by atoms with Crippen molar-refractivity contribution < 1.29 is 0 Å². The molecule has 1 aliphatic rings. The van der Waals surface area contributed by atoms with E-state index < -0.39 is 0 Å². The summed E-state index contributed by atoms with van der Waals surface area (Å²) < 4.78 is 0. The number of hydrogen-bond donors (Lipinski definition) is 2. The maximum Gasteiger partial charge on any atom is 0.0635 e. The number of rotatable bonds is 5. The van der Waals surface area contributed by atoms with Crippen molar-refractivity contribution in [1.82, 2.24) is 10.4 Å². The second-order valence-corrected chi connectivity index (χ2v) is 6.02. The van der Waals surface area contributed by atoms with E-state index in [1.54, 1.807) is 0 Å². The van der Waals surface area contributed by atoms with Crippen LogP contribution in [0, 0.1) is 19.8 Å². The normalized spacial score (nSPS) is 18.5. The Morgan fingerprint density at radius 2 is 2.05 bits per heavy atom. The van der Waals surface area contributed by atoms with Gasteiger partial charge in [-0.1, -0.05) is 38.2 Å². The molecule has 0 radical (unpaired) electrons. The Balaban J connectivity index is 1.95. The molecule has 0 aliphatic heterocycles. The van der Waals surface area contributed by atoms with Crippen LogP contribution in [0.15, 0.2) is 12.3 Å². The first kappa shape index (κ1) is 14.5. The van der Waals surface area contributed by atoms with Gasteiger partial charge in [-0.2, -0.15) is 0 Å². The number of hydrazine groups is 1. The Hall–Kier alpha value is -0.930. The SMILES string of the molecule is Cc1cnc(C(CCC2CCCCC2)NN)c(C)c1. The zero-order valence-electron chi connectivity index (χ0n) is 12.3. The molecule has 0 aromatic carbocycles. The highest BCUT2D eigenvalue weighted by Crippen LogP contribution is 2.30. The van der Waals surface area contributed by atoms with E-state index in [1.807, 2.05) is 6.20 Å². The van der Waals surface area contributed by atoms with Crippen molar-refractivity contribution in [2.24, 2.45) is 11.8 Å². The second-order valence-electron chi connectivity index (χ2n) is 6.02. The Labute approximate surface area is 117 Å². The quantitative estimate of drug-likeness (QED) is 0.629. The number of nitrogens with two attached hydrogens (primary N) is 1. The number of aryl methyl sites for hydroxylation is 2. The van der Waals surface area contributed by atoms with Gasteiger partial charge in [0.2, 0.25) is 0 Å². The zero-order valence-corrected chi connectivity index (χ0v) is 12.3. The molecule has 3 N–H and O–H groups in total. The molecule has 1 heterocycles. The fourth-order valence-corrected chi connectivity index (χ4v) is 3.27. The van der Waals surface area contributed by atoms with Crippen LogP contribution in [0.3, 0.4) is 0 Å². The van der Waals surface area contributed by atoms with E-state index >= 15 is 0 Å². The number of aromatic nitrogens is 1. The van der Waals surface area contributed by atoms with E-state index in [9.17, 15) is 0 Å². The number of nitrogens with zero attached hydrogens (tertiary/aromatic N) is 1. The van der Waals surface area contributed by atoms with E-state index in [0.717, 1.165) is 18.0 Å². The smallest absolute Gasteiger partial charge is 0.0635 e. The molecule has 1 aromatic heterocycles. The van der Waals surface area contributed by atoms with Crippen LogP contribution in [0.1, 0.15) is 67.8 Å². The van der Waals surface area contributed by atoms with Crippen molar-refractivity contribution in [3.8, 4) is 0 Å². The summed E-state index contributed by atoms with van der Waals surface area (Å²) >= 11 is 0. The predicted molar refractivity (Wildman–Crippen MR) is 79.6 cm³/mol. The predicted octanol–water partition coefficient (Wildman–Crippen LogP) is 3.56. The van der Waals surface area contributed by atoms with E-state index in [4.69, 9.17) is 5.84 Å². The van der Waals surface area contributed by atoms with Gasteiger partial charge < -0.3 is 0 Å². The Kier molecular flexibility index (Phi) is 5.34. The molecule has 1 unspecified atom stereocenters. The lowest BCUT2D eigenvalue weighted by Crippen LogP contribution is -2.30. The molecule has 0 saturated heterocycles. The fourth-order valence-electron chi connectivity index (χ4n) is 3.27. The van der Waals surface area contributed by atoms with Crippen LogP contribution in [-0.4, -0.2) is 4.98 Å². The van der Waals surface area contributed by atoms with Crippen LogP contribution in [0.25, 0.3) is 0 Å². The van der Waals surface area contributed by atoms with E-state index in [-0.39, 0.29) is 6.04 Å². The standard InChI is InChI=1S/C16H27N3/c1-12-10-13(2)16(18-11-12)15(19-17)9-8-14-6-4-3-5-7-14/h10-11,14-15,19H,3-9,17H2,1-2H3. The average molecular weight is 261 g/mol. The lowest BCUT2D eigenvalue weighted by molar-refractivity contribution is 0.313. The average Bonchev–Trinajstić information content (AvgIpc) is 2.42. The summed E-state index contributed by atoms with van der Waals surface area (Å²) in [6, 6.07) is 2.38. The monoisotopic (exact) mass is 261 g/mol. The third-order valence-electron chi connectivity index (χ3n) is 4.38. The second kappa shape index (κ2) is 7.01. The summed E-state index contributed by atoms with van der Waals surface area (Å²) in [5, 5.41) is 0. The van der Waals surface area contributed by atoms with Gasteiger partial charge in [-0.3, -0.25) is 16.3 Å². The Morgan fingerprint density at radius 1 is 1.32 bits per heavy atom. The molecule has 3 heteroatoms. The van der Waals surface area contributed by atoms with Crippen molar-refractivity contribution in [2.75, 3.05) is 0 Å². The summed E-state index contributed by atoms with van der Waals surface area (Å²) in [6.07, 6.45) is 11.3. The van der Waals surface area contributed by atoms with Crippen molar-refractivity contribution >= 4 is 0 Å². The topological polar surface area (TPSA) is 50.9 Å². The molecule has 19 heavy (non-hydrogen) atoms. The zero-order chi connectivity index (χ0) is 13.7. The summed E-state index contributed by atoms with van der Waals surface area (Å²) in [5.41, 5.74) is 6.52. The number of nitrogens with one attached hydrogen (secondary N) is 1. The highest BCUT2D eigenvalue weighted by molar-refractivity contribution is 5.25. The lowest BCUT2D eigenvalue weighted by atomic mass is 9.84. The third-order valence-corrected chi connectivity index (χ3v) is 4.38. The number of pyridine rings is 1. The first-order valence-corrected chi connectivity index (χ1v) is 7.60. The largest absolute Gasteiger partial charge is 0.271 e. The first-order valence-electron chi connectivity index (χ1n) is 7.60. The highest BCUT2D eigenvalue weighted by Gasteiger charge is 2.18. The van der Waals surface area contributed by atoms with Crippen molar-refractivity contribution in [2.45, 2.75) is 64.8 Å². The van der Waals surface area contributed by atoms with E-state index in [1.165, 1.54) is 49.7 Å². The van der Waals surface area contributed by atoms with Crippen LogP contribution < -0.4 is 11.3 Å². The van der Waals surface area contributed by atoms with Gasteiger partial charge in [-0.05, 0) is 43.7 Å². The summed E-state index contributed by atoms with van der Waals surface area (Å²) in [4.78, 5) is 4.57. The molecule has 1 aliphatic carbocycles. The van der Waals surface area contributed by atoms with Crippen LogP contribution in [0.4, 0.5) is 0 Å². The minimum Gasteiger partial charge on any atom is -0.271 e. The summed E-state index contributed by atoms with van der Waals surface area (Å²) in [6.45, 7) is 4.21. The minimum atomic E-state index is 0.197. The van der Waals surface area contributed by atoms with Crippen molar-refractivity contribution in [1.29, 1.82) is 0 Å². The molecule has 1 aromatic rings. The summed E-state index contributed by atoms with van der Waals surface area (Å²) in [5.74, 6) is 6.64. The van der Waals surface area contributed by atoms with Crippen LogP contribution in [-0.2, 0) is 0 Å². The lowest BCUT2D eigenvalue weighted by Gasteiger charge is -2.24. The molecular weight excluding hydrogens is 234 g/mol. The first-order chi connectivity index (χ1) is 9.20. The molecule has 1 fully saturated rings. The van der Waals surface area contributed by atoms with Gasteiger partial charge in [0.05, 0.1) is 11.7 Å².